The third-order valence-electron chi connectivity index (χ3n) is 1.91. The van der Waals surface area contributed by atoms with E-state index < -0.39 is 24.0 Å². The Kier molecular flexibility index (Phi) is 5.87. The predicted octanol–water partition coefficient (Wildman–Crippen LogP) is 0.391. The summed E-state index contributed by atoms with van der Waals surface area (Å²) in [4.78, 5) is 21.9. The SMILES string of the molecule is CCCC(NC(=O)C(C)OC)C(=O)O. The van der Waals surface area contributed by atoms with E-state index in [-0.39, 0.29) is 0 Å². The lowest BCUT2D eigenvalue weighted by Crippen LogP contribution is -2.45. The Morgan fingerprint density at radius 2 is 2.07 bits per heavy atom. The number of methoxy groups -OCH3 is 1. The molecule has 0 radical (unpaired) electrons. The molecule has 0 aliphatic carbocycles. The number of hydrogen-bond donors (Lipinski definition) is 2. The van der Waals surface area contributed by atoms with Gasteiger partial charge in [-0.25, -0.2) is 4.79 Å². The van der Waals surface area contributed by atoms with Crippen LogP contribution < -0.4 is 5.32 Å². The number of amides is 1. The molecule has 1 amide bonds. The van der Waals surface area contributed by atoms with E-state index in [1.54, 1.807) is 6.92 Å². The summed E-state index contributed by atoms with van der Waals surface area (Å²) < 4.78 is 4.77. The largest absolute Gasteiger partial charge is 0.480 e. The first-order valence-electron chi connectivity index (χ1n) is 4.58. The Morgan fingerprint density at radius 1 is 1.50 bits per heavy atom. The van der Waals surface area contributed by atoms with Crippen LogP contribution in [0.4, 0.5) is 0 Å². The van der Waals surface area contributed by atoms with E-state index in [1.165, 1.54) is 7.11 Å². The number of hydrogen-bond acceptors (Lipinski definition) is 3. The average molecular weight is 203 g/mol. The van der Waals surface area contributed by atoms with Crippen molar-refractivity contribution in [3.63, 3.8) is 0 Å². The lowest BCUT2D eigenvalue weighted by molar-refractivity contribution is -0.143. The molecule has 0 saturated heterocycles. The smallest absolute Gasteiger partial charge is 0.326 e. The van der Waals surface area contributed by atoms with Gasteiger partial charge in [-0.3, -0.25) is 4.79 Å². The summed E-state index contributed by atoms with van der Waals surface area (Å²) in [5.41, 5.74) is 0. The Morgan fingerprint density at radius 3 is 2.43 bits per heavy atom. The molecular formula is C9H17NO4. The van der Waals surface area contributed by atoms with Gasteiger partial charge in [0, 0.05) is 7.11 Å². The Bertz CT molecular complexity index is 205. The molecule has 0 aromatic heterocycles. The van der Waals surface area contributed by atoms with Gasteiger partial charge < -0.3 is 15.2 Å². The van der Waals surface area contributed by atoms with Crippen LogP contribution in [0.15, 0.2) is 0 Å². The fraction of sp³-hybridized carbons (Fsp3) is 0.778. The fourth-order valence-electron chi connectivity index (χ4n) is 0.942. The molecular weight excluding hydrogens is 186 g/mol. The first kappa shape index (κ1) is 12.9. The van der Waals surface area contributed by atoms with Gasteiger partial charge in [0.1, 0.15) is 12.1 Å². The number of carboxylic acid groups (broad SMARTS) is 1. The van der Waals surface area contributed by atoms with Gasteiger partial charge in [0.15, 0.2) is 0 Å². The van der Waals surface area contributed by atoms with Gasteiger partial charge >= 0.3 is 5.97 Å². The zero-order valence-electron chi connectivity index (χ0n) is 8.74. The third-order valence-corrected chi connectivity index (χ3v) is 1.91. The number of carbonyl (C=O) groups is 2. The molecule has 0 rings (SSSR count). The average Bonchev–Trinajstić information content (AvgIpc) is 2.15. The number of carboxylic acids is 1. The highest BCUT2D eigenvalue weighted by Gasteiger charge is 2.21. The summed E-state index contributed by atoms with van der Waals surface area (Å²) in [6.45, 7) is 3.43. The normalized spacial score (nSPS) is 14.5. The number of carbonyl (C=O) groups excluding carboxylic acids is 1. The van der Waals surface area contributed by atoms with Crippen LogP contribution in [0.2, 0.25) is 0 Å². The van der Waals surface area contributed by atoms with Gasteiger partial charge in [-0.2, -0.15) is 0 Å². The first-order chi connectivity index (χ1) is 6.52. The minimum Gasteiger partial charge on any atom is -0.480 e. The molecule has 0 heterocycles. The standard InChI is InChI=1S/C9H17NO4/c1-4-5-7(9(12)13)10-8(11)6(2)14-3/h6-7H,4-5H2,1-3H3,(H,10,11)(H,12,13). The highest BCUT2D eigenvalue weighted by atomic mass is 16.5. The zero-order chi connectivity index (χ0) is 11.1. The van der Waals surface area contributed by atoms with Gasteiger partial charge in [0.05, 0.1) is 0 Å². The van der Waals surface area contributed by atoms with Crippen molar-refractivity contribution in [2.24, 2.45) is 0 Å². The van der Waals surface area contributed by atoms with Gasteiger partial charge in [-0.05, 0) is 13.3 Å². The summed E-state index contributed by atoms with van der Waals surface area (Å²) in [6.07, 6.45) is 0.518. The van der Waals surface area contributed by atoms with Crippen LogP contribution >= 0.6 is 0 Å². The van der Waals surface area contributed by atoms with E-state index in [0.29, 0.717) is 12.8 Å². The molecule has 2 N–H and O–H groups in total. The summed E-state index contributed by atoms with van der Waals surface area (Å²) in [5.74, 6) is -1.41. The van der Waals surface area contributed by atoms with Gasteiger partial charge in [0.25, 0.3) is 0 Å². The molecule has 5 nitrogen and oxygen atoms in total. The highest BCUT2D eigenvalue weighted by Crippen LogP contribution is 1.98. The quantitative estimate of drug-likeness (QED) is 0.654. The van der Waals surface area contributed by atoms with Crippen LogP contribution in [0.3, 0.4) is 0 Å². The number of nitrogens with one attached hydrogen (secondary N) is 1. The molecule has 0 aliphatic heterocycles. The van der Waals surface area contributed by atoms with Crippen molar-refractivity contribution in [3.8, 4) is 0 Å². The van der Waals surface area contributed by atoms with Crippen molar-refractivity contribution >= 4 is 11.9 Å². The molecule has 0 saturated carbocycles. The van der Waals surface area contributed by atoms with Crippen LogP contribution in [-0.2, 0) is 14.3 Å². The molecule has 0 aromatic rings. The topological polar surface area (TPSA) is 75.6 Å². The van der Waals surface area contributed by atoms with E-state index in [2.05, 4.69) is 5.32 Å². The second-order valence-corrected chi connectivity index (χ2v) is 3.07. The maximum atomic E-state index is 11.3. The van der Waals surface area contributed by atoms with E-state index >= 15 is 0 Å². The molecule has 14 heavy (non-hydrogen) atoms. The van der Waals surface area contributed by atoms with Crippen molar-refractivity contribution < 1.29 is 19.4 Å². The maximum Gasteiger partial charge on any atom is 0.326 e. The van der Waals surface area contributed by atoms with Crippen LogP contribution in [0.25, 0.3) is 0 Å². The van der Waals surface area contributed by atoms with Crippen LogP contribution in [0.1, 0.15) is 26.7 Å². The first-order valence-corrected chi connectivity index (χ1v) is 4.58. The molecule has 0 spiro atoms. The fourth-order valence-corrected chi connectivity index (χ4v) is 0.942. The summed E-state index contributed by atoms with van der Waals surface area (Å²) in [6, 6.07) is -0.815. The molecule has 5 heteroatoms. The van der Waals surface area contributed by atoms with E-state index in [4.69, 9.17) is 9.84 Å². The molecule has 2 unspecified atom stereocenters. The molecule has 2 atom stereocenters. The van der Waals surface area contributed by atoms with Crippen molar-refractivity contribution in [2.45, 2.75) is 38.8 Å². The minimum atomic E-state index is -1.01. The van der Waals surface area contributed by atoms with Gasteiger partial charge in [0.2, 0.25) is 5.91 Å². The second-order valence-electron chi connectivity index (χ2n) is 3.07. The third kappa shape index (κ3) is 4.23. The van der Waals surface area contributed by atoms with Crippen molar-refractivity contribution in [1.29, 1.82) is 0 Å². The molecule has 0 fully saturated rings. The van der Waals surface area contributed by atoms with Crippen molar-refractivity contribution in [2.75, 3.05) is 7.11 Å². The van der Waals surface area contributed by atoms with E-state index in [1.807, 2.05) is 6.92 Å². The molecule has 0 bridgehead atoms. The summed E-state index contributed by atoms with van der Waals surface area (Å²) in [5, 5.41) is 11.2. The van der Waals surface area contributed by atoms with E-state index in [9.17, 15) is 9.59 Å². The Labute approximate surface area is 83.4 Å². The van der Waals surface area contributed by atoms with Crippen LogP contribution in [-0.4, -0.2) is 36.2 Å². The van der Waals surface area contributed by atoms with Crippen LogP contribution in [0, 0.1) is 0 Å². The van der Waals surface area contributed by atoms with Crippen LogP contribution in [0.5, 0.6) is 0 Å². The van der Waals surface area contributed by atoms with Crippen molar-refractivity contribution in [3.05, 3.63) is 0 Å². The summed E-state index contributed by atoms with van der Waals surface area (Å²) in [7, 11) is 1.40. The van der Waals surface area contributed by atoms with Crippen molar-refractivity contribution in [1.82, 2.24) is 5.32 Å². The summed E-state index contributed by atoms with van der Waals surface area (Å²) >= 11 is 0. The lowest BCUT2D eigenvalue weighted by Gasteiger charge is -2.16. The molecule has 0 aliphatic rings. The Balaban J connectivity index is 4.15. The zero-order valence-corrected chi connectivity index (χ0v) is 8.74. The molecule has 82 valence electrons. The predicted molar refractivity (Wildman–Crippen MR) is 50.9 cm³/mol. The number of rotatable bonds is 6. The number of ether oxygens (including phenoxy) is 1. The number of aliphatic carboxylic acids is 1. The van der Waals surface area contributed by atoms with Gasteiger partial charge in [-0.15, -0.1) is 0 Å². The van der Waals surface area contributed by atoms with Gasteiger partial charge in [-0.1, -0.05) is 13.3 Å². The monoisotopic (exact) mass is 203 g/mol. The minimum absolute atomic E-state index is 0.395. The maximum absolute atomic E-state index is 11.3. The lowest BCUT2D eigenvalue weighted by atomic mass is 10.1. The highest BCUT2D eigenvalue weighted by molar-refractivity contribution is 5.85. The second kappa shape index (κ2) is 6.37. The van der Waals surface area contributed by atoms with E-state index in [0.717, 1.165) is 0 Å². The molecule has 0 aromatic carbocycles. The Hall–Kier alpha value is -1.10.